The molecule has 24 heavy (non-hydrogen) atoms. The second kappa shape index (κ2) is 6.11. The number of anilines is 1. The maximum Gasteiger partial charge on any atom is 0.416 e. The maximum atomic E-state index is 12.5. The van der Waals surface area contributed by atoms with Crippen LogP contribution in [0.4, 0.5) is 24.5 Å². The van der Waals surface area contributed by atoms with Gasteiger partial charge in [0.1, 0.15) is 0 Å². The zero-order valence-corrected chi connectivity index (χ0v) is 13.0. The number of nitro benzene ring substituents is 1. The number of nitro groups is 1. The van der Waals surface area contributed by atoms with E-state index < -0.39 is 37.3 Å². The van der Waals surface area contributed by atoms with Gasteiger partial charge in [0.15, 0.2) is 4.90 Å². The molecule has 0 aliphatic rings. The average Bonchev–Trinajstić information content (AvgIpc) is 2.45. The SMILES string of the molecule is Cc1cccc([N+](=O)[O-])c1S(=O)(=O)Nc1ccc(C(F)(F)F)cc1. The summed E-state index contributed by atoms with van der Waals surface area (Å²) in [6, 6.07) is 7.05. The standard InChI is InChI=1S/C14H11F3N2O4S/c1-9-3-2-4-12(19(20)21)13(9)24(22,23)18-11-7-5-10(6-8-11)14(15,16)17/h2-8,18H,1H3. The first-order valence-electron chi connectivity index (χ1n) is 6.46. The van der Waals surface area contributed by atoms with Crippen LogP contribution in [-0.4, -0.2) is 13.3 Å². The molecule has 0 heterocycles. The molecule has 2 rings (SSSR count). The fourth-order valence-corrected chi connectivity index (χ4v) is 3.52. The second-order valence-electron chi connectivity index (χ2n) is 4.86. The second-order valence-corrected chi connectivity index (χ2v) is 6.48. The number of nitrogens with one attached hydrogen (secondary N) is 1. The van der Waals surface area contributed by atoms with E-state index in [9.17, 15) is 31.7 Å². The minimum absolute atomic E-state index is 0.138. The van der Waals surface area contributed by atoms with E-state index in [1.807, 2.05) is 4.72 Å². The lowest BCUT2D eigenvalue weighted by atomic mass is 10.2. The molecule has 0 atom stereocenters. The normalized spacial score (nSPS) is 12.0. The van der Waals surface area contributed by atoms with Crippen LogP contribution in [0.25, 0.3) is 0 Å². The third-order valence-corrected chi connectivity index (χ3v) is 4.69. The number of hydrogen-bond donors (Lipinski definition) is 1. The summed E-state index contributed by atoms with van der Waals surface area (Å²) in [5.74, 6) is 0. The third kappa shape index (κ3) is 3.65. The fraction of sp³-hybridized carbons (Fsp3) is 0.143. The van der Waals surface area contributed by atoms with Gasteiger partial charge in [-0.05, 0) is 36.8 Å². The first-order chi connectivity index (χ1) is 11.0. The molecule has 128 valence electrons. The number of nitrogens with zero attached hydrogens (tertiary/aromatic N) is 1. The van der Waals surface area contributed by atoms with Gasteiger partial charge in [0.25, 0.3) is 15.7 Å². The molecule has 6 nitrogen and oxygen atoms in total. The van der Waals surface area contributed by atoms with Gasteiger partial charge in [-0.2, -0.15) is 13.2 Å². The van der Waals surface area contributed by atoms with Gasteiger partial charge >= 0.3 is 6.18 Å². The molecule has 0 aliphatic carbocycles. The number of rotatable bonds is 4. The zero-order chi connectivity index (χ0) is 18.1. The van der Waals surface area contributed by atoms with Crippen molar-refractivity contribution in [3.8, 4) is 0 Å². The van der Waals surface area contributed by atoms with E-state index in [0.29, 0.717) is 12.1 Å². The van der Waals surface area contributed by atoms with Crippen LogP contribution in [0, 0.1) is 17.0 Å². The van der Waals surface area contributed by atoms with Gasteiger partial charge in [-0.25, -0.2) is 8.42 Å². The first kappa shape index (κ1) is 17.7. The largest absolute Gasteiger partial charge is 0.416 e. The molecule has 1 N–H and O–H groups in total. The smallest absolute Gasteiger partial charge is 0.279 e. The Labute approximate surface area is 135 Å². The number of hydrogen-bond acceptors (Lipinski definition) is 4. The number of aryl methyl sites for hydroxylation is 1. The van der Waals surface area contributed by atoms with Gasteiger partial charge in [0.05, 0.1) is 10.5 Å². The molecule has 0 spiro atoms. The van der Waals surface area contributed by atoms with Crippen molar-refractivity contribution in [3.05, 3.63) is 63.7 Å². The van der Waals surface area contributed by atoms with E-state index in [-0.39, 0.29) is 11.3 Å². The van der Waals surface area contributed by atoms with Crippen LogP contribution in [-0.2, 0) is 16.2 Å². The number of benzene rings is 2. The monoisotopic (exact) mass is 360 g/mol. The Hall–Kier alpha value is -2.62. The van der Waals surface area contributed by atoms with E-state index in [4.69, 9.17) is 0 Å². The van der Waals surface area contributed by atoms with Crippen molar-refractivity contribution in [2.75, 3.05) is 4.72 Å². The van der Waals surface area contributed by atoms with Gasteiger partial charge < -0.3 is 0 Å². The summed E-state index contributed by atoms with van der Waals surface area (Å²) in [6.07, 6.45) is -4.55. The third-order valence-electron chi connectivity index (χ3n) is 3.12. The number of halogens is 3. The lowest BCUT2D eigenvalue weighted by Crippen LogP contribution is -2.16. The molecule has 0 fully saturated rings. The molecule has 0 radical (unpaired) electrons. The number of alkyl halides is 3. The van der Waals surface area contributed by atoms with Gasteiger partial charge in [-0.1, -0.05) is 12.1 Å². The summed E-state index contributed by atoms with van der Waals surface area (Å²) in [6.45, 7) is 1.38. The van der Waals surface area contributed by atoms with Crippen molar-refractivity contribution in [1.29, 1.82) is 0 Å². The van der Waals surface area contributed by atoms with E-state index in [2.05, 4.69) is 0 Å². The zero-order valence-electron chi connectivity index (χ0n) is 12.2. The van der Waals surface area contributed by atoms with Crippen molar-refractivity contribution in [2.45, 2.75) is 18.0 Å². The summed E-state index contributed by atoms with van der Waals surface area (Å²) in [7, 11) is -4.34. The molecule has 0 aromatic heterocycles. The molecule has 10 heteroatoms. The average molecular weight is 360 g/mol. The molecule has 0 unspecified atom stereocenters. The molecule has 0 amide bonds. The van der Waals surface area contributed by atoms with Crippen molar-refractivity contribution < 1.29 is 26.5 Å². The Morgan fingerprint density at radius 2 is 1.67 bits per heavy atom. The molecule has 0 bridgehead atoms. The summed E-state index contributed by atoms with van der Waals surface area (Å²) in [4.78, 5) is 9.64. The lowest BCUT2D eigenvalue weighted by Gasteiger charge is -2.12. The van der Waals surface area contributed by atoms with Crippen molar-refractivity contribution in [3.63, 3.8) is 0 Å². The van der Waals surface area contributed by atoms with E-state index >= 15 is 0 Å². The van der Waals surface area contributed by atoms with Gasteiger partial charge in [-0.15, -0.1) is 0 Å². The van der Waals surface area contributed by atoms with Gasteiger partial charge in [0.2, 0.25) is 0 Å². The Bertz CT molecular complexity index is 878. The van der Waals surface area contributed by atoms with E-state index in [0.717, 1.165) is 18.2 Å². The van der Waals surface area contributed by atoms with Crippen LogP contribution in [0.5, 0.6) is 0 Å². The Kier molecular flexibility index (Phi) is 4.52. The topological polar surface area (TPSA) is 89.3 Å². The quantitative estimate of drug-likeness (QED) is 0.665. The predicted octanol–water partition coefficient (Wildman–Crippen LogP) is 3.72. The molecule has 2 aromatic rings. The maximum absolute atomic E-state index is 12.5. The van der Waals surface area contributed by atoms with Crippen molar-refractivity contribution in [2.24, 2.45) is 0 Å². The minimum atomic E-state index is -4.55. The number of sulfonamides is 1. The molecule has 0 saturated carbocycles. The minimum Gasteiger partial charge on any atom is -0.279 e. The van der Waals surface area contributed by atoms with Crippen LogP contribution in [0.1, 0.15) is 11.1 Å². The molecule has 0 aliphatic heterocycles. The summed E-state index contributed by atoms with van der Waals surface area (Å²) in [5.41, 5.74) is -1.55. The Balaban J connectivity index is 2.42. The van der Waals surface area contributed by atoms with Gasteiger partial charge in [0, 0.05) is 11.8 Å². The van der Waals surface area contributed by atoms with Crippen LogP contribution < -0.4 is 4.72 Å². The molecular weight excluding hydrogens is 349 g/mol. The van der Waals surface area contributed by atoms with Crippen molar-refractivity contribution >= 4 is 21.4 Å². The van der Waals surface area contributed by atoms with Crippen LogP contribution in [0.15, 0.2) is 47.4 Å². The van der Waals surface area contributed by atoms with E-state index in [1.165, 1.54) is 19.1 Å². The van der Waals surface area contributed by atoms with Crippen LogP contribution in [0.2, 0.25) is 0 Å². The van der Waals surface area contributed by atoms with Crippen molar-refractivity contribution in [1.82, 2.24) is 0 Å². The summed E-state index contributed by atoms with van der Waals surface area (Å²) < 4.78 is 64.3. The Morgan fingerprint density at radius 3 is 2.17 bits per heavy atom. The highest BCUT2D eigenvalue weighted by atomic mass is 32.2. The predicted molar refractivity (Wildman–Crippen MR) is 80.1 cm³/mol. The molecular formula is C14H11F3N2O4S. The Morgan fingerprint density at radius 1 is 1.08 bits per heavy atom. The highest BCUT2D eigenvalue weighted by Gasteiger charge is 2.31. The summed E-state index contributed by atoms with van der Waals surface area (Å²) in [5, 5.41) is 11.0. The first-order valence-corrected chi connectivity index (χ1v) is 7.95. The fourth-order valence-electron chi connectivity index (χ4n) is 2.06. The van der Waals surface area contributed by atoms with Gasteiger partial charge in [-0.3, -0.25) is 14.8 Å². The summed E-state index contributed by atoms with van der Waals surface area (Å²) >= 11 is 0. The van der Waals surface area contributed by atoms with Crippen LogP contribution >= 0.6 is 0 Å². The van der Waals surface area contributed by atoms with Crippen LogP contribution in [0.3, 0.4) is 0 Å². The van der Waals surface area contributed by atoms with E-state index in [1.54, 1.807) is 0 Å². The highest BCUT2D eigenvalue weighted by Crippen LogP contribution is 2.31. The highest BCUT2D eigenvalue weighted by molar-refractivity contribution is 7.93. The lowest BCUT2D eigenvalue weighted by molar-refractivity contribution is -0.387. The molecule has 0 saturated heterocycles. The molecule has 2 aromatic carbocycles.